The lowest BCUT2D eigenvalue weighted by atomic mass is 10.0. The minimum atomic E-state index is -0.437. The van der Waals surface area contributed by atoms with Crippen LogP contribution in [-0.2, 0) is 22.7 Å². The summed E-state index contributed by atoms with van der Waals surface area (Å²) >= 11 is 2.83. The third kappa shape index (κ3) is 15.1. The van der Waals surface area contributed by atoms with Gasteiger partial charge in [-0.25, -0.2) is 29.9 Å². The number of nitrogens with two attached hydrogens (primary N) is 2. The van der Waals surface area contributed by atoms with Crippen LogP contribution in [0.3, 0.4) is 0 Å². The van der Waals surface area contributed by atoms with Crippen molar-refractivity contribution in [3.8, 4) is 57.8 Å². The zero-order chi connectivity index (χ0) is 72.1. The maximum Gasteiger partial charge on any atom is 0.261 e. The van der Waals surface area contributed by atoms with Crippen LogP contribution in [0.5, 0.6) is 23.0 Å². The second-order valence-corrected chi connectivity index (χ2v) is 27.7. The molecule has 0 saturated carbocycles. The number of nitriles is 2. The van der Waals surface area contributed by atoms with E-state index in [0.29, 0.717) is 106 Å². The molecule has 4 aliphatic rings. The minimum Gasteiger partial charge on any atom is -0.464 e. The number of carbonyl (C=O) groups excluding carboxylic acids is 2. The highest BCUT2D eigenvalue weighted by atomic mass is 32.2. The van der Waals surface area contributed by atoms with Gasteiger partial charge in [-0.1, -0.05) is 59.9 Å². The third-order valence-electron chi connectivity index (χ3n) is 18.7. The maximum atomic E-state index is 13.2. The van der Waals surface area contributed by atoms with Crippen LogP contribution in [0.1, 0.15) is 29.7 Å². The summed E-state index contributed by atoms with van der Waals surface area (Å²) in [5, 5.41) is 31.2. The molecule has 2 fully saturated rings. The van der Waals surface area contributed by atoms with Crippen LogP contribution in [0, 0.1) is 29.6 Å². The lowest BCUT2D eigenvalue weighted by Crippen LogP contribution is -2.44. The largest absolute Gasteiger partial charge is 0.464 e. The predicted molar refractivity (Wildman–Crippen MR) is 403 cm³/mol. The molecule has 0 spiro atoms. The fraction of sp³-hybridized carbons (Fsp3) is 0.247. The van der Waals surface area contributed by atoms with E-state index in [2.05, 4.69) is 113 Å². The number of fused-ring (bicyclic) bond motifs is 6. The van der Waals surface area contributed by atoms with E-state index in [-0.39, 0.29) is 36.4 Å². The maximum absolute atomic E-state index is 13.2. The van der Waals surface area contributed by atoms with Crippen molar-refractivity contribution < 1.29 is 37.4 Å². The van der Waals surface area contributed by atoms with Crippen LogP contribution in [-0.4, -0.2) is 154 Å². The van der Waals surface area contributed by atoms with Crippen LogP contribution in [0.15, 0.2) is 180 Å². The molecule has 4 aliphatic heterocycles. The topological polar surface area (TPSA) is 321 Å². The first-order valence-corrected chi connectivity index (χ1v) is 35.9. The highest BCUT2D eigenvalue weighted by Crippen LogP contribution is 2.47. The van der Waals surface area contributed by atoms with Gasteiger partial charge < -0.3 is 78.6 Å². The van der Waals surface area contributed by atoms with Gasteiger partial charge in [0.1, 0.15) is 53.2 Å². The fourth-order valence-electron chi connectivity index (χ4n) is 12.9. The molecule has 2 saturated heterocycles. The van der Waals surface area contributed by atoms with E-state index < -0.39 is 11.8 Å². The predicted octanol–water partition coefficient (Wildman–Crippen LogP) is 11.4. The van der Waals surface area contributed by atoms with E-state index in [0.717, 1.165) is 112 Å². The molecule has 6 N–H and O–H groups in total. The Bertz CT molecular complexity index is 5450. The molecular formula is C77H72N18O8S2. The number of carbonyl (C=O) groups is 2. The van der Waals surface area contributed by atoms with E-state index in [9.17, 15) is 20.1 Å². The number of rotatable bonds is 20. The van der Waals surface area contributed by atoms with Crippen LogP contribution in [0.2, 0.25) is 0 Å². The smallest absolute Gasteiger partial charge is 0.261 e. The molecule has 0 radical (unpaired) electrons. The van der Waals surface area contributed by atoms with Gasteiger partial charge in [0.2, 0.25) is 13.6 Å². The third-order valence-corrected chi connectivity index (χ3v) is 20.8. The Morgan fingerprint density at radius 3 is 1.43 bits per heavy atom. The number of hydrogen-bond acceptors (Lipinski definition) is 24. The van der Waals surface area contributed by atoms with Crippen molar-refractivity contribution in [2.24, 2.45) is 0 Å². The standard InChI is InChI=1S/C39H37N9O4S.C38H35N9O4S/c1-24-4-9-31(52-24)30-19-32-33(51-23-50-32)20-34(30)53-39-45-35-36(41)43-22-44-37(35)48(39)11-3-10-42-38(49)28(21-40)17-25-5-6-27-18-29(8-7-26(27)16-25)47-14-12-46(2)13-15-47;1-45-11-13-46(14-12-45)28-8-7-25-16-24(5-6-26(25)18-28)17-27(21-39)37(48)41-9-3-10-47-36-34(35(40)42-22-43-36)44-38(47)52-33-20-32-31(50-23-51-32)19-29(33)30-4-2-15-49-30/h4-9,16-20,22H,3,10-15,23H2,1-2H3,(H,42,49)(H2,41,43,44);2,4-8,15-20,22H,3,9-14,23H2,1H3,(H,41,48)(H2,40,42,43)/b28-17+;27-17+. The van der Waals surface area contributed by atoms with Gasteiger partial charge in [-0.2, -0.15) is 10.5 Å². The number of imidazole rings is 2. The van der Waals surface area contributed by atoms with E-state index in [4.69, 9.17) is 49.2 Å². The number of benzene rings is 6. The van der Waals surface area contributed by atoms with Crippen molar-refractivity contribution >= 4 is 114 Å². The van der Waals surface area contributed by atoms with Crippen molar-refractivity contribution in [3.05, 3.63) is 168 Å². The molecule has 0 bridgehead atoms. The van der Waals surface area contributed by atoms with Crippen molar-refractivity contribution in [1.29, 1.82) is 10.5 Å². The number of furan rings is 2. The molecule has 105 heavy (non-hydrogen) atoms. The summed E-state index contributed by atoms with van der Waals surface area (Å²) in [5.74, 6) is 4.34. The summed E-state index contributed by atoms with van der Waals surface area (Å²) < 4.78 is 38.3. The van der Waals surface area contributed by atoms with E-state index >= 15 is 0 Å². The second kappa shape index (κ2) is 30.5. The van der Waals surface area contributed by atoms with Crippen LogP contribution < -0.4 is 50.8 Å². The zero-order valence-corrected chi connectivity index (χ0v) is 59.4. The Labute approximate surface area is 611 Å². The fourth-order valence-corrected chi connectivity index (χ4v) is 15.1. The van der Waals surface area contributed by atoms with Crippen molar-refractivity contribution in [3.63, 3.8) is 0 Å². The van der Waals surface area contributed by atoms with E-state index in [1.165, 1.54) is 47.6 Å². The van der Waals surface area contributed by atoms with Gasteiger partial charge in [0.05, 0.1) is 6.26 Å². The SMILES string of the molecule is CN1CCN(c2ccc3cc(/C=C(\C#N)C(=O)NCCCn4c(Sc5cc6c(cc5-c5ccco5)OCO6)nc5c(N)ncnc54)ccc3c2)CC1.Cc1ccc(-c2cc3c(cc2Sc2nc4c(N)ncnc4n2CCCNC(=O)/C(C#N)=C/c2ccc4cc(N5CCN(C)CC5)ccc4c2)OCO3)o1. The molecule has 6 aromatic heterocycles. The Hall–Kier alpha value is -12.1. The van der Waals surface area contributed by atoms with Crippen molar-refractivity contribution in [2.75, 3.05) is 114 Å². The molecule has 28 heteroatoms. The molecule has 16 rings (SSSR count). The normalized spacial score (nSPS) is 14.6. The minimum absolute atomic E-state index is 0.0338. The average molecular weight is 1440 g/mol. The average Bonchev–Trinajstić information content (AvgIpc) is 1.66. The summed E-state index contributed by atoms with van der Waals surface area (Å²) in [6.45, 7) is 11.9. The van der Waals surface area contributed by atoms with E-state index in [1.54, 1.807) is 18.4 Å². The molecular weight excluding hydrogens is 1370 g/mol. The number of nitrogens with zero attached hydrogens (tertiary/aromatic N) is 14. The lowest BCUT2D eigenvalue weighted by molar-refractivity contribution is -0.117. The van der Waals surface area contributed by atoms with Gasteiger partial charge in [0.25, 0.3) is 11.8 Å². The number of anilines is 4. The summed E-state index contributed by atoms with van der Waals surface area (Å²) in [4.78, 5) is 64.4. The van der Waals surface area contributed by atoms with Crippen LogP contribution >= 0.6 is 23.5 Å². The molecule has 0 aliphatic carbocycles. The number of nitrogen functional groups attached to an aromatic ring is 2. The number of amides is 2. The lowest BCUT2D eigenvalue weighted by Gasteiger charge is -2.34. The Morgan fingerprint density at radius 1 is 0.543 bits per heavy atom. The quantitative estimate of drug-likeness (QED) is 0.0313. The number of likely N-dealkylation sites (N-methyl/N-ethyl adjacent to an activating group) is 2. The van der Waals surface area contributed by atoms with Crippen LogP contribution in [0.25, 0.3) is 78.7 Å². The van der Waals surface area contributed by atoms with Crippen molar-refractivity contribution in [1.82, 2.24) is 59.5 Å². The Morgan fingerprint density at radius 2 is 0.990 bits per heavy atom. The zero-order valence-electron chi connectivity index (χ0n) is 57.7. The summed E-state index contributed by atoms with van der Waals surface area (Å²) in [7, 11) is 4.30. The molecule has 2 amide bonds. The van der Waals surface area contributed by atoms with Gasteiger partial charge in [-0.05, 0) is 164 Å². The Kier molecular flexibility index (Phi) is 19.9. The molecule has 26 nitrogen and oxygen atoms in total. The number of hydrogen-bond donors (Lipinski definition) is 4. The molecule has 12 aromatic rings. The number of aromatic nitrogens is 8. The van der Waals surface area contributed by atoms with E-state index in [1.807, 2.05) is 101 Å². The summed E-state index contributed by atoms with van der Waals surface area (Å²) in [6, 6.07) is 44.1. The van der Waals surface area contributed by atoms with Gasteiger partial charge in [0, 0.05) is 111 Å². The van der Waals surface area contributed by atoms with Crippen LogP contribution in [0.4, 0.5) is 23.0 Å². The van der Waals surface area contributed by atoms with Gasteiger partial charge in [-0.3, -0.25) is 9.59 Å². The van der Waals surface area contributed by atoms with Crippen molar-refractivity contribution in [2.45, 2.75) is 53.0 Å². The van der Waals surface area contributed by atoms with Gasteiger partial charge >= 0.3 is 0 Å². The monoisotopic (exact) mass is 1440 g/mol. The van der Waals surface area contributed by atoms with Gasteiger partial charge in [-0.15, -0.1) is 0 Å². The Balaban J connectivity index is 0.000000169. The number of piperazine rings is 2. The highest BCUT2D eigenvalue weighted by molar-refractivity contribution is 7.99. The molecule has 0 unspecified atom stereocenters. The molecule has 530 valence electrons. The molecule has 10 heterocycles. The van der Waals surface area contributed by atoms with Gasteiger partial charge in [0.15, 0.2) is 67.3 Å². The number of nitrogens with one attached hydrogen (secondary N) is 2. The second-order valence-electron chi connectivity index (χ2n) is 25.7. The first-order chi connectivity index (χ1) is 51.3. The first kappa shape index (κ1) is 68.7. The number of ether oxygens (including phenoxy) is 4. The molecule has 6 aromatic carbocycles. The molecule has 0 atom stereocenters. The highest BCUT2D eigenvalue weighted by Gasteiger charge is 2.27. The summed E-state index contributed by atoms with van der Waals surface area (Å²) in [6.07, 6.45) is 8.76. The first-order valence-electron chi connectivity index (χ1n) is 34.3. The number of aryl methyl sites for hydroxylation is 3. The summed E-state index contributed by atoms with van der Waals surface area (Å²) in [5.41, 5.74) is 20.2.